The van der Waals surface area contributed by atoms with Crippen molar-refractivity contribution in [2.75, 3.05) is 13.2 Å². The van der Waals surface area contributed by atoms with E-state index in [1.807, 2.05) is 0 Å². The first-order chi connectivity index (χ1) is 15.5. The molecule has 0 spiro atoms. The Bertz CT molecular complexity index is 395. The van der Waals surface area contributed by atoms with E-state index in [1.54, 1.807) is 0 Å². The summed E-state index contributed by atoms with van der Waals surface area (Å²) in [6.45, 7) is 8.67. The maximum atomic E-state index is 11.8. The summed E-state index contributed by atoms with van der Waals surface area (Å²) >= 11 is 0. The summed E-state index contributed by atoms with van der Waals surface area (Å²) in [4.78, 5) is 23.7. The summed E-state index contributed by atoms with van der Waals surface area (Å²) in [5, 5.41) is 9.79. The molecular formula is C27H52O5. The van der Waals surface area contributed by atoms with Gasteiger partial charge in [-0.2, -0.15) is 0 Å². The molecule has 0 bridgehead atoms. The fourth-order valence-electron chi connectivity index (χ4n) is 4.02. The molecule has 190 valence electrons. The number of rotatable bonds is 10. The molecule has 0 aromatic rings. The summed E-state index contributed by atoms with van der Waals surface area (Å²) in [7, 11) is 0. The third-order valence-corrected chi connectivity index (χ3v) is 6.13. The smallest absolute Gasteiger partial charge is 0.309 e. The van der Waals surface area contributed by atoms with Gasteiger partial charge in [0.2, 0.25) is 0 Å². The van der Waals surface area contributed by atoms with Gasteiger partial charge >= 0.3 is 11.9 Å². The predicted octanol–water partition coefficient (Wildman–Crippen LogP) is 6.99. The molecule has 2 saturated carbocycles. The Morgan fingerprint density at radius 2 is 0.969 bits per heavy atom. The SMILES string of the molecule is CCCCC.CCCCC.O=C(OCC(O)COC(=O)C1CCCCC1)C1CCCCC1. The Kier molecular flexibility index (Phi) is 21.0. The van der Waals surface area contributed by atoms with Crippen molar-refractivity contribution in [3.05, 3.63) is 0 Å². The number of hydrogen-bond acceptors (Lipinski definition) is 5. The fraction of sp³-hybridized carbons (Fsp3) is 0.926. The highest BCUT2D eigenvalue weighted by molar-refractivity contribution is 5.73. The maximum Gasteiger partial charge on any atom is 0.309 e. The minimum absolute atomic E-state index is 0.0225. The molecule has 0 aromatic heterocycles. The van der Waals surface area contributed by atoms with E-state index in [9.17, 15) is 14.7 Å². The number of hydrogen-bond donors (Lipinski definition) is 1. The van der Waals surface area contributed by atoms with Crippen molar-refractivity contribution in [3.63, 3.8) is 0 Å². The Morgan fingerprint density at radius 1 is 0.656 bits per heavy atom. The molecule has 0 radical (unpaired) electrons. The molecule has 1 N–H and O–H groups in total. The average molecular weight is 457 g/mol. The molecule has 0 amide bonds. The molecule has 5 heteroatoms. The van der Waals surface area contributed by atoms with Gasteiger partial charge in [0.25, 0.3) is 0 Å². The molecule has 2 rings (SSSR count). The van der Waals surface area contributed by atoms with E-state index < -0.39 is 6.10 Å². The van der Waals surface area contributed by atoms with Gasteiger partial charge in [-0.05, 0) is 25.7 Å². The standard InChI is InChI=1S/C17H28O5.2C5H12/c18-15(11-21-16(19)13-7-3-1-4-8-13)12-22-17(20)14-9-5-2-6-10-14;2*1-3-5-4-2/h13-15,18H,1-12H2;2*3-5H2,1-2H3. The Hall–Kier alpha value is -1.10. The number of esters is 2. The van der Waals surface area contributed by atoms with E-state index in [-0.39, 0.29) is 37.0 Å². The second-order valence-corrected chi connectivity index (χ2v) is 9.29. The van der Waals surface area contributed by atoms with Gasteiger partial charge in [0.15, 0.2) is 0 Å². The zero-order valence-corrected chi connectivity index (χ0v) is 21.5. The van der Waals surface area contributed by atoms with Gasteiger partial charge in [-0.3, -0.25) is 9.59 Å². The van der Waals surface area contributed by atoms with E-state index in [0.29, 0.717) is 0 Å². The van der Waals surface area contributed by atoms with Crippen LogP contribution >= 0.6 is 0 Å². The first-order valence-corrected chi connectivity index (χ1v) is 13.5. The van der Waals surface area contributed by atoms with Crippen molar-refractivity contribution in [2.24, 2.45) is 11.8 Å². The molecule has 5 nitrogen and oxygen atoms in total. The number of ether oxygens (including phenoxy) is 2. The zero-order chi connectivity index (χ0) is 24.0. The molecule has 2 aliphatic carbocycles. The Balaban J connectivity index is 0.000000805. The van der Waals surface area contributed by atoms with E-state index in [1.165, 1.54) is 51.4 Å². The summed E-state index contributed by atoms with van der Waals surface area (Å²) in [5.41, 5.74) is 0. The van der Waals surface area contributed by atoms with E-state index in [0.717, 1.165) is 51.4 Å². The molecule has 0 saturated heterocycles. The second kappa shape index (κ2) is 21.7. The third kappa shape index (κ3) is 16.5. The predicted molar refractivity (Wildman–Crippen MR) is 131 cm³/mol. The monoisotopic (exact) mass is 456 g/mol. The van der Waals surface area contributed by atoms with Crippen molar-refractivity contribution in [3.8, 4) is 0 Å². The molecule has 0 atom stereocenters. The lowest BCUT2D eigenvalue weighted by Gasteiger charge is -2.22. The first-order valence-electron chi connectivity index (χ1n) is 13.5. The molecule has 0 aromatic carbocycles. The quantitative estimate of drug-likeness (QED) is 0.359. The summed E-state index contributed by atoms with van der Waals surface area (Å²) in [5.74, 6) is -0.494. The van der Waals surface area contributed by atoms with Crippen LogP contribution in [-0.2, 0) is 19.1 Å². The van der Waals surface area contributed by atoms with E-state index in [4.69, 9.17) is 9.47 Å². The summed E-state index contributed by atoms with van der Waals surface area (Å²) in [6, 6.07) is 0. The number of unbranched alkanes of at least 4 members (excludes halogenated alkanes) is 4. The molecule has 2 fully saturated rings. The van der Waals surface area contributed by atoms with Crippen molar-refractivity contribution in [2.45, 2.75) is 137 Å². The van der Waals surface area contributed by atoms with Crippen LogP contribution in [0.5, 0.6) is 0 Å². The number of carbonyl (C=O) groups excluding carboxylic acids is 2. The molecule has 0 unspecified atom stereocenters. The van der Waals surface area contributed by atoms with Gasteiger partial charge in [-0.25, -0.2) is 0 Å². The van der Waals surface area contributed by atoms with Gasteiger partial charge in [0.1, 0.15) is 19.3 Å². The van der Waals surface area contributed by atoms with Gasteiger partial charge in [0.05, 0.1) is 11.8 Å². The van der Waals surface area contributed by atoms with Crippen molar-refractivity contribution < 1.29 is 24.2 Å². The van der Waals surface area contributed by atoms with E-state index in [2.05, 4.69) is 27.7 Å². The molecular weight excluding hydrogens is 404 g/mol. The van der Waals surface area contributed by atoms with Gasteiger partial charge in [0, 0.05) is 0 Å². The average Bonchev–Trinajstić information content (AvgIpc) is 2.84. The number of aliphatic hydroxyl groups excluding tert-OH is 1. The number of aliphatic hydroxyl groups is 1. The lowest BCUT2D eigenvalue weighted by Crippen LogP contribution is -2.30. The lowest BCUT2D eigenvalue weighted by molar-refractivity contribution is -0.158. The second-order valence-electron chi connectivity index (χ2n) is 9.29. The van der Waals surface area contributed by atoms with Gasteiger partial charge in [-0.15, -0.1) is 0 Å². The van der Waals surface area contributed by atoms with Crippen LogP contribution in [0.4, 0.5) is 0 Å². The normalized spacial score (nSPS) is 16.9. The Morgan fingerprint density at radius 3 is 1.22 bits per heavy atom. The van der Waals surface area contributed by atoms with E-state index >= 15 is 0 Å². The van der Waals surface area contributed by atoms with Gasteiger partial charge < -0.3 is 14.6 Å². The van der Waals surface area contributed by atoms with Crippen LogP contribution in [0.3, 0.4) is 0 Å². The van der Waals surface area contributed by atoms with Crippen LogP contribution in [0.2, 0.25) is 0 Å². The molecule has 0 aliphatic heterocycles. The van der Waals surface area contributed by atoms with Crippen molar-refractivity contribution in [1.82, 2.24) is 0 Å². The molecule has 32 heavy (non-hydrogen) atoms. The van der Waals surface area contributed by atoms with Crippen LogP contribution in [0.25, 0.3) is 0 Å². The van der Waals surface area contributed by atoms with Crippen molar-refractivity contribution >= 4 is 11.9 Å². The van der Waals surface area contributed by atoms with Crippen molar-refractivity contribution in [1.29, 1.82) is 0 Å². The minimum Gasteiger partial charge on any atom is -0.463 e. The highest BCUT2D eigenvalue weighted by atomic mass is 16.6. The fourth-order valence-corrected chi connectivity index (χ4v) is 4.02. The highest BCUT2D eigenvalue weighted by Crippen LogP contribution is 2.25. The Labute approximate surface area is 198 Å². The number of carbonyl (C=O) groups is 2. The molecule has 2 aliphatic rings. The summed E-state index contributed by atoms with van der Waals surface area (Å²) < 4.78 is 10.3. The maximum absolute atomic E-state index is 11.8. The van der Waals surface area contributed by atoms with Crippen LogP contribution in [0.1, 0.15) is 130 Å². The highest BCUT2D eigenvalue weighted by Gasteiger charge is 2.25. The first kappa shape index (κ1) is 30.9. The van der Waals surface area contributed by atoms with Crippen LogP contribution in [0, 0.1) is 11.8 Å². The third-order valence-electron chi connectivity index (χ3n) is 6.13. The van der Waals surface area contributed by atoms with Gasteiger partial charge in [-0.1, -0.05) is 105 Å². The zero-order valence-electron chi connectivity index (χ0n) is 21.5. The largest absolute Gasteiger partial charge is 0.463 e. The minimum atomic E-state index is -0.930. The van der Waals surface area contributed by atoms with Crippen LogP contribution in [-0.4, -0.2) is 36.4 Å². The van der Waals surface area contributed by atoms with Crippen LogP contribution in [0.15, 0.2) is 0 Å². The van der Waals surface area contributed by atoms with Crippen LogP contribution < -0.4 is 0 Å². The molecule has 0 heterocycles. The summed E-state index contributed by atoms with van der Waals surface area (Å²) in [6.07, 6.45) is 17.4. The lowest BCUT2D eigenvalue weighted by atomic mass is 9.89. The topological polar surface area (TPSA) is 72.8 Å².